The van der Waals surface area contributed by atoms with Crippen molar-refractivity contribution in [2.75, 3.05) is 0 Å². The van der Waals surface area contributed by atoms with Crippen molar-refractivity contribution in [3.63, 3.8) is 0 Å². The van der Waals surface area contributed by atoms with Gasteiger partial charge in [-0.3, -0.25) is 9.97 Å². The molecule has 0 radical (unpaired) electrons. The van der Waals surface area contributed by atoms with Crippen LogP contribution in [0.5, 0.6) is 0 Å². The van der Waals surface area contributed by atoms with Gasteiger partial charge in [0.05, 0.1) is 6.04 Å². The van der Waals surface area contributed by atoms with E-state index in [-0.39, 0.29) is 6.04 Å². The second-order valence-corrected chi connectivity index (χ2v) is 5.05. The number of nitrogens with two attached hydrogens (primary N) is 1. The highest BCUT2D eigenvalue weighted by Crippen LogP contribution is 2.27. The van der Waals surface area contributed by atoms with E-state index in [1.165, 1.54) is 0 Å². The van der Waals surface area contributed by atoms with Gasteiger partial charge in [0.1, 0.15) is 0 Å². The Morgan fingerprint density at radius 1 is 1.00 bits per heavy atom. The number of pyridine rings is 2. The molecule has 2 N–H and O–H groups in total. The highest BCUT2D eigenvalue weighted by atomic mass is 14.7. The van der Waals surface area contributed by atoms with Crippen LogP contribution in [0.15, 0.2) is 48.8 Å². The van der Waals surface area contributed by atoms with Gasteiger partial charge in [0.2, 0.25) is 0 Å². The average Bonchev–Trinajstić information content (AvgIpc) is 2.46. The summed E-state index contributed by atoms with van der Waals surface area (Å²) in [7, 11) is 0. The Morgan fingerprint density at radius 3 is 2.65 bits per heavy atom. The van der Waals surface area contributed by atoms with Crippen molar-refractivity contribution in [2.45, 2.75) is 19.9 Å². The minimum Gasteiger partial charge on any atom is -0.320 e. The zero-order valence-corrected chi connectivity index (χ0v) is 11.7. The molecule has 0 aliphatic carbocycles. The topological polar surface area (TPSA) is 51.8 Å². The van der Waals surface area contributed by atoms with Gasteiger partial charge >= 0.3 is 0 Å². The lowest BCUT2D eigenvalue weighted by Gasteiger charge is -2.17. The Bertz CT molecular complexity index is 760. The molecule has 20 heavy (non-hydrogen) atoms. The van der Waals surface area contributed by atoms with Gasteiger partial charge in [-0.15, -0.1) is 0 Å². The number of benzene rings is 1. The van der Waals surface area contributed by atoms with E-state index < -0.39 is 0 Å². The van der Waals surface area contributed by atoms with Crippen LogP contribution in [0.4, 0.5) is 0 Å². The molecule has 2 heterocycles. The fourth-order valence-corrected chi connectivity index (χ4v) is 2.60. The van der Waals surface area contributed by atoms with E-state index in [1.807, 2.05) is 38.2 Å². The smallest absolute Gasteiger partial charge is 0.0576 e. The van der Waals surface area contributed by atoms with Crippen molar-refractivity contribution in [3.05, 3.63) is 71.3 Å². The fourth-order valence-electron chi connectivity index (χ4n) is 2.60. The predicted octanol–water partition coefficient (Wildman–Crippen LogP) is 3.29. The fraction of sp³-hybridized carbons (Fsp3) is 0.176. The number of hydrogen-bond acceptors (Lipinski definition) is 3. The third kappa shape index (κ3) is 2.17. The summed E-state index contributed by atoms with van der Waals surface area (Å²) >= 11 is 0. The largest absolute Gasteiger partial charge is 0.320 e. The number of fused-ring (bicyclic) bond motifs is 1. The van der Waals surface area contributed by atoms with Crippen LogP contribution in [0.2, 0.25) is 0 Å². The first-order valence-corrected chi connectivity index (χ1v) is 6.69. The standard InChI is InChI=1S/C17H17N3/c1-11-6-7-14(12(2)20-11)17(18)15-5-3-4-13-8-9-19-10-16(13)15/h3-10,17H,18H2,1-2H3. The van der Waals surface area contributed by atoms with Crippen LogP contribution in [-0.4, -0.2) is 9.97 Å². The lowest BCUT2D eigenvalue weighted by atomic mass is 9.94. The summed E-state index contributed by atoms with van der Waals surface area (Å²) in [6.45, 7) is 4.00. The molecule has 3 heteroatoms. The summed E-state index contributed by atoms with van der Waals surface area (Å²) in [5.41, 5.74) is 10.6. The third-order valence-electron chi connectivity index (χ3n) is 3.65. The van der Waals surface area contributed by atoms with Crippen LogP contribution in [0.1, 0.15) is 28.6 Å². The molecule has 2 aromatic heterocycles. The maximum Gasteiger partial charge on any atom is 0.0576 e. The maximum atomic E-state index is 6.47. The number of hydrogen-bond donors (Lipinski definition) is 1. The van der Waals surface area contributed by atoms with Gasteiger partial charge in [0.25, 0.3) is 0 Å². The third-order valence-corrected chi connectivity index (χ3v) is 3.65. The van der Waals surface area contributed by atoms with E-state index in [0.717, 1.165) is 33.3 Å². The van der Waals surface area contributed by atoms with E-state index in [4.69, 9.17) is 5.73 Å². The zero-order chi connectivity index (χ0) is 14.1. The molecule has 3 aromatic rings. The van der Waals surface area contributed by atoms with Crippen molar-refractivity contribution in [1.29, 1.82) is 0 Å². The summed E-state index contributed by atoms with van der Waals surface area (Å²) in [5, 5.41) is 2.26. The van der Waals surface area contributed by atoms with E-state index in [1.54, 1.807) is 6.20 Å². The summed E-state index contributed by atoms with van der Waals surface area (Å²) < 4.78 is 0. The van der Waals surface area contributed by atoms with Crippen molar-refractivity contribution in [2.24, 2.45) is 5.73 Å². The number of aromatic nitrogens is 2. The second kappa shape index (κ2) is 5.02. The lowest BCUT2D eigenvalue weighted by molar-refractivity contribution is 0.851. The van der Waals surface area contributed by atoms with E-state index in [0.29, 0.717) is 0 Å². The van der Waals surface area contributed by atoms with Crippen LogP contribution in [0.3, 0.4) is 0 Å². The number of rotatable bonds is 2. The maximum absolute atomic E-state index is 6.47. The number of nitrogens with zero attached hydrogens (tertiary/aromatic N) is 2. The van der Waals surface area contributed by atoms with E-state index in [2.05, 4.69) is 28.2 Å². The van der Waals surface area contributed by atoms with E-state index in [9.17, 15) is 0 Å². The molecule has 100 valence electrons. The summed E-state index contributed by atoms with van der Waals surface area (Å²) in [4.78, 5) is 8.72. The monoisotopic (exact) mass is 263 g/mol. The van der Waals surface area contributed by atoms with Crippen LogP contribution >= 0.6 is 0 Å². The van der Waals surface area contributed by atoms with Crippen molar-refractivity contribution >= 4 is 10.8 Å². The summed E-state index contributed by atoms with van der Waals surface area (Å²) in [6.07, 6.45) is 3.68. The predicted molar refractivity (Wildman–Crippen MR) is 81.5 cm³/mol. The molecule has 1 aromatic carbocycles. The first kappa shape index (κ1) is 12.8. The molecular weight excluding hydrogens is 246 g/mol. The quantitative estimate of drug-likeness (QED) is 0.771. The molecule has 0 bridgehead atoms. The molecule has 1 atom stereocenters. The molecule has 0 amide bonds. The molecule has 3 rings (SSSR count). The van der Waals surface area contributed by atoms with Crippen LogP contribution in [-0.2, 0) is 0 Å². The van der Waals surface area contributed by atoms with Crippen LogP contribution < -0.4 is 5.73 Å². The Labute approximate surface area is 118 Å². The Hall–Kier alpha value is -2.26. The summed E-state index contributed by atoms with van der Waals surface area (Å²) in [6, 6.07) is 12.1. The molecule has 0 saturated carbocycles. The second-order valence-electron chi connectivity index (χ2n) is 5.05. The number of aryl methyl sites for hydroxylation is 2. The van der Waals surface area contributed by atoms with Gasteiger partial charge in [-0.25, -0.2) is 0 Å². The van der Waals surface area contributed by atoms with Crippen LogP contribution in [0, 0.1) is 13.8 Å². The van der Waals surface area contributed by atoms with Gasteiger partial charge in [0.15, 0.2) is 0 Å². The SMILES string of the molecule is Cc1ccc(C(N)c2cccc3ccncc23)c(C)n1. The lowest BCUT2D eigenvalue weighted by Crippen LogP contribution is -2.14. The van der Waals surface area contributed by atoms with Crippen molar-refractivity contribution in [1.82, 2.24) is 9.97 Å². The first-order valence-electron chi connectivity index (χ1n) is 6.69. The Balaban J connectivity index is 2.15. The molecule has 0 spiro atoms. The molecule has 1 unspecified atom stereocenters. The van der Waals surface area contributed by atoms with Crippen LogP contribution in [0.25, 0.3) is 10.8 Å². The van der Waals surface area contributed by atoms with Gasteiger partial charge in [-0.1, -0.05) is 24.3 Å². The van der Waals surface area contributed by atoms with Gasteiger partial charge in [0, 0.05) is 29.2 Å². The molecule has 0 aliphatic heterocycles. The molecule has 0 fully saturated rings. The molecule has 0 saturated heterocycles. The van der Waals surface area contributed by atoms with Crippen molar-refractivity contribution in [3.8, 4) is 0 Å². The molecule has 3 nitrogen and oxygen atoms in total. The molecular formula is C17H17N3. The Morgan fingerprint density at radius 2 is 1.85 bits per heavy atom. The first-order chi connectivity index (χ1) is 9.66. The average molecular weight is 263 g/mol. The Kier molecular flexibility index (Phi) is 3.20. The van der Waals surface area contributed by atoms with Gasteiger partial charge in [-0.2, -0.15) is 0 Å². The van der Waals surface area contributed by atoms with Gasteiger partial charge in [-0.05, 0) is 42.5 Å². The minimum absolute atomic E-state index is 0.184. The summed E-state index contributed by atoms with van der Waals surface area (Å²) in [5.74, 6) is 0. The van der Waals surface area contributed by atoms with Gasteiger partial charge < -0.3 is 5.73 Å². The zero-order valence-electron chi connectivity index (χ0n) is 11.7. The normalized spacial score (nSPS) is 12.6. The highest BCUT2D eigenvalue weighted by Gasteiger charge is 2.14. The minimum atomic E-state index is -0.184. The molecule has 0 aliphatic rings. The highest BCUT2D eigenvalue weighted by molar-refractivity contribution is 5.85. The van der Waals surface area contributed by atoms with Crippen molar-refractivity contribution < 1.29 is 0 Å². The van der Waals surface area contributed by atoms with E-state index >= 15 is 0 Å².